The summed E-state index contributed by atoms with van der Waals surface area (Å²) in [7, 11) is 1.78. The van der Waals surface area contributed by atoms with E-state index in [4.69, 9.17) is 5.73 Å². The van der Waals surface area contributed by atoms with Gasteiger partial charge in [0.1, 0.15) is 0 Å². The Labute approximate surface area is 102 Å². The van der Waals surface area contributed by atoms with Crippen LogP contribution in [0.5, 0.6) is 0 Å². The Morgan fingerprint density at radius 2 is 2.40 bits per heavy atom. The Morgan fingerprint density at radius 3 is 2.87 bits per heavy atom. The molecule has 0 saturated heterocycles. The van der Waals surface area contributed by atoms with Crippen LogP contribution >= 0.6 is 27.3 Å². The number of nitrogens with two attached hydrogens (primary N) is 1. The first-order valence-corrected chi connectivity index (χ1v) is 6.45. The highest BCUT2D eigenvalue weighted by Gasteiger charge is 2.16. The van der Waals surface area contributed by atoms with Crippen LogP contribution < -0.4 is 5.73 Å². The van der Waals surface area contributed by atoms with Crippen molar-refractivity contribution in [3.05, 3.63) is 20.8 Å². The van der Waals surface area contributed by atoms with Gasteiger partial charge in [-0.3, -0.25) is 4.79 Å². The van der Waals surface area contributed by atoms with Gasteiger partial charge in [-0.25, -0.2) is 0 Å². The molecule has 1 rings (SSSR count). The summed E-state index contributed by atoms with van der Waals surface area (Å²) in [4.78, 5) is 14.5. The molecule has 1 atom stereocenters. The third-order valence-corrected chi connectivity index (χ3v) is 3.83. The van der Waals surface area contributed by atoms with Gasteiger partial charge in [0.15, 0.2) is 0 Å². The van der Waals surface area contributed by atoms with Crippen molar-refractivity contribution in [1.29, 1.82) is 0 Å². The minimum atomic E-state index is -0.376. The molecule has 1 amide bonds. The average molecular weight is 291 g/mol. The standard InChI is InChI=1S/C10H15BrN2OS/c1-3-9(12)10(14)13(2)5-8-4-7(11)6-15-8/h4,6,9H,3,5,12H2,1-2H3/t9-/m0/s1. The zero-order valence-corrected chi connectivity index (χ0v) is 11.3. The van der Waals surface area contributed by atoms with Crippen molar-refractivity contribution in [2.45, 2.75) is 25.9 Å². The molecular weight excluding hydrogens is 276 g/mol. The molecule has 3 nitrogen and oxygen atoms in total. The lowest BCUT2D eigenvalue weighted by Gasteiger charge is -2.19. The SMILES string of the molecule is CC[C@H](N)C(=O)N(C)Cc1cc(Br)cs1. The van der Waals surface area contributed by atoms with Crippen LogP contribution in [-0.2, 0) is 11.3 Å². The fourth-order valence-electron chi connectivity index (χ4n) is 1.21. The molecule has 0 bridgehead atoms. The number of carbonyl (C=O) groups excluding carboxylic acids is 1. The second-order valence-electron chi connectivity index (χ2n) is 3.44. The van der Waals surface area contributed by atoms with Crippen molar-refractivity contribution in [2.75, 3.05) is 7.05 Å². The first-order chi connectivity index (χ1) is 7.04. The Hall–Kier alpha value is -0.390. The van der Waals surface area contributed by atoms with Gasteiger partial charge in [0.25, 0.3) is 0 Å². The predicted molar refractivity (Wildman–Crippen MR) is 66.8 cm³/mol. The van der Waals surface area contributed by atoms with Gasteiger partial charge in [0.05, 0.1) is 12.6 Å². The lowest BCUT2D eigenvalue weighted by Crippen LogP contribution is -2.40. The lowest BCUT2D eigenvalue weighted by molar-refractivity contribution is -0.131. The molecular formula is C10H15BrN2OS. The van der Waals surface area contributed by atoms with Gasteiger partial charge in [-0.05, 0) is 28.4 Å². The van der Waals surface area contributed by atoms with Crippen LogP contribution in [0, 0.1) is 0 Å². The molecule has 84 valence electrons. The fraction of sp³-hybridized carbons (Fsp3) is 0.500. The van der Waals surface area contributed by atoms with Gasteiger partial charge in [0, 0.05) is 21.8 Å². The highest BCUT2D eigenvalue weighted by molar-refractivity contribution is 9.10. The Morgan fingerprint density at radius 1 is 1.73 bits per heavy atom. The summed E-state index contributed by atoms with van der Waals surface area (Å²) >= 11 is 5.02. The van der Waals surface area contributed by atoms with E-state index in [9.17, 15) is 4.79 Å². The largest absolute Gasteiger partial charge is 0.339 e. The summed E-state index contributed by atoms with van der Waals surface area (Å²) in [6.45, 7) is 2.54. The number of halogens is 1. The van der Waals surface area contributed by atoms with Gasteiger partial charge in [-0.2, -0.15) is 0 Å². The molecule has 0 radical (unpaired) electrons. The third kappa shape index (κ3) is 3.59. The molecule has 0 unspecified atom stereocenters. The second kappa shape index (κ2) is 5.63. The average Bonchev–Trinajstić information content (AvgIpc) is 2.61. The predicted octanol–water partition coefficient (Wildman–Crippen LogP) is 2.21. The monoisotopic (exact) mass is 290 g/mol. The van der Waals surface area contributed by atoms with Crippen LogP contribution in [0.2, 0.25) is 0 Å². The summed E-state index contributed by atoms with van der Waals surface area (Å²) in [5.74, 6) is 0.00187. The van der Waals surface area contributed by atoms with Crippen molar-refractivity contribution < 1.29 is 4.79 Å². The highest BCUT2D eigenvalue weighted by atomic mass is 79.9. The first kappa shape index (κ1) is 12.7. The number of thiophene rings is 1. The van der Waals surface area contributed by atoms with E-state index in [2.05, 4.69) is 15.9 Å². The van der Waals surface area contributed by atoms with E-state index in [1.54, 1.807) is 23.3 Å². The molecule has 0 aliphatic heterocycles. The first-order valence-electron chi connectivity index (χ1n) is 4.78. The van der Waals surface area contributed by atoms with Crippen LogP contribution in [0.1, 0.15) is 18.2 Å². The number of amides is 1. The van der Waals surface area contributed by atoms with Crippen molar-refractivity contribution in [1.82, 2.24) is 4.90 Å². The normalized spacial score (nSPS) is 12.5. The van der Waals surface area contributed by atoms with E-state index >= 15 is 0 Å². The molecule has 0 saturated carbocycles. The van der Waals surface area contributed by atoms with Crippen LogP contribution in [0.4, 0.5) is 0 Å². The van der Waals surface area contributed by atoms with Gasteiger partial charge in [-0.1, -0.05) is 6.92 Å². The van der Waals surface area contributed by atoms with E-state index in [1.165, 1.54) is 0 Å². The Kier molecular flexibility index (Phi) is 4.76. The molecule has 0 aromatic carbocycles. The van der Waals surface area contributed by atoms with E-state index in [1.807, 2.05) is 18.4 Å². The topological polar surface area (TPSA) is 46.3 Å². The van der Waals surface area contributed by atoms with Gasteiger partial charge in [0.2, 0.25) is 5.91 Å². The van der Waals surface area contributed by atoms with E-state index in [0.29, 0.717) is 13.0 Å². The molecule has 0 aliphatic carbocycles. The molecule has 2 N–H and O–H groups in total. The number of hydrogen-bond donors (Lipinski definition) is 1. The summed E-state index contributed by atoms with van der Waals surface area (Å²) in [5.41, 5.74) is 5.68. The van der Waals surface area contributed by atoms with Crippen molar-refractivity contribution in [3.8, 4) is 0 Å². The number of likely N-dealkylation sites (N-methyl/N-ethyl adjacent to an activating group) is 1. The zero-order valence-electron chi connectivity index (χ0n) is 8.87. The molecule has 0 aliphatic rings. The number of carbonyl (C=O) groups is 1. The van der Waals surface area contributed by atoms with Crippen molar-refractivity contribution in [3.63, 3.8) is 0 Å². The number of rotatable bonds is 4. The minimum absolute atomic E-state index is 0.00187. The molecule has 1 aromatic heterocycles. The zero-order chi connectivity index (χ0) is 11.4. The summed E-state index contributed by atoms with van der Waals surface area (Å²) < 4.78 is 1.06. The maximum absolute atomic E-state index is 11.7. The van der Waals surface area contributed by atoms with Crippen LogP contribution in [0.3, 0.4) is 0 Å². The van der Waals surface area contributed by atoms with Gasteiger partial charge >= 0.3 is 0 Å². The van der Waals surface area contributed by atoms with Crippen molar-refractivity contribution in [2.24, 2.45) is 5.73 Å². The van der Waals surface area contributed by atoms with Gasteiger partial charge < -0.3 is 10.6 Å². The van der Waals surface area contributed by atoms with E-state index in [0.717, 1.165) is 9.35 Å². The third-order valence-electron chi connectivity index (χ3n) is 2.15. The lowest BCUT2D eigenvalue weighted by atomic mass is 10.2. The van der Waals surface area contributed by atoms with E-state index < -0.39 is 0 Å². The van der Waals surface area contributed by atoms with Crippen LogP contribution in [0.25, 0.3) is 0 Å². The van der Waals surface area contributed by atoms with Crippen LogP contribution in [0.15, 0.2) is 15.9 Å². The van der Waals surface area contributed by atoms with Crippen molar-refractivity contribution >= 4 is 33.2 Å². The maximum atomic E-state index is 11.7. The molecule has 0 fully saturated rings. The number of nitrogens with zero attached hydrogens (tertiary/aromatic N) is 1. The molecule has 15 heavy (non-hydrogen) atoms. The van der Waals surface area contributed by atoms with E-state index in [-0.39, 0.29) is 11.9 Å². The molecule has 1 heterocycles. The maximum Gasteiger partial charge on any atom is 0.239 e. The quantitative estimate of drug-likeness (QED) is 0.924. The smallest absolute Gasteiger partial charge is 0.239 e. The summed E-state index contributed by atoms with van der Waals surface area (Å²) in [6.07, 6.45) is 0.678. The number of hydrogen-bond acceptors (Lipinski definition) is 3. The minimum Gasteiger partial charge on any atom is -0.339 e. The van der Waals surface area contributed by atoms with Gasteiger partial charge in [-0.15, -0.1) is 11.3 Å². The fourth-order valence-corrected chi connectivity index (χ4v) is 2.71. The summed E-state index contributed by atoms with van der Waals surface area (Å²) in [5, 5.41) is 2.01. The molecule has 1 aromatic rings. The molecule has 0 spiro atoms. The van der Waals surface area contributed by atoms with Crippen LogP contribution in [-0.4, -0.2) is 23.9 Å². The second-order valence-corrected chi connectivity index (χ2v) is 5.35. The highest BCUT2D eigenvalue weighted by Crippen LogP contribution is 2.20. The molecule has 5 heteroatoms. The Bertz CT molecular complexity index is 340. The Balaban J connectivity index is 2.55. The summed E-state index contributed by atoms with van der Waals surface area (Å²) in [6, 6.07) is 1.64.